The van der Waals surface area contributed by atoms with Crippen molar-refractivity contribution in [1.29, 1.82) is 0 Å². The van der Waals surface area contributed by atoms with Crippen LogP contribution in [-0.4, -0.2) is 24.1 Å². The van der Waals surface area contributed by atoms with Crippen molar-refractivity contribution >= 4 is 11.9 Å². The Morgan fingerprint density at radius 1 is 0.622 bits per heavy atom. The summed E-state index contributed by atoms with van der Waals surface area (Å²) in [4.78, 5) is 13.3. The molecule has 0 N–H and O–H groups in total. The molecule has 0 unspecified atom stereocenters. The highest BCUT2D eigenvalue weighted by Crippen LogP contribution is 2.32. The zero-order valence-corrected chi connectivity index (χ0v) is 22.2. The maximum absolute atomic E-state index is 13.3. The average molecular weight is 503 g/mol. The van der Waals surface area contributed by atoms with Crippen molar-refractivity contribution in [2.45, 2.75) is 115 Å². The molecule has 0 amide bonds. The van der Waals surface area contributed by atoms with Crippen molar-refractivity contribution in [3.63, 3.8) is 0 Å². The van der Waals surface area contributed by atoms with Crippen LogP contribution in [0.25, 0.3) is 6.08 Å². The molecular weight excluding hydrogens is 460 g/mol. The van der Waals surface area contributed by atoms with Gasteiger partial charge in [-0.15, -0.1) is 0 Å². The van der Waals surface area contributed by atoms with Crippen LogP contribution in [0.1, 0.15) is 112 Å². The molecule has 0 radical (unpaired) electrons. The van der Waals surface area contributed by atoms with Gasteiger partial charge in [0, 0.05) is 5.56 Å². The average Bonchev–Trinajstić information content (AvgIpc) is 2.95. The van der Waals surface area contributed by atoms with Crippen LogP contribution >= 0.6 is 0 Å². The minimum Gasteiger partial charge on any atom is -0.490 e. The summed E-state index contributed by atoms with van der Waals surface area (Å²) < 4.78 is 19.1. The van der Waals surface area contributed by atoms with Crippen LogP contribution in [0.2, 0.25) is 0 Å². The Hall–Kier alpha value is -2.75. The summed E-state index contributed by atoms with van der Waals surface area (Å²) in [5.41, 5.74) is 1.52. The number of carbonyl (C=O) groups is 1. The molecule has 37 heavy (non-hydrogen) atoms. The number of hydrogen-bond donors (Lipinski definition) is 0. The third kappa shape index (κ3) is 7.40. The topological polar surface area (TPSA) is 44.8 Å². The number of ether oxygens (including phenoxy) is 3. The van der Waals surface area contributed by atoms with Gasteiger partial charge in [-0.2, -0.15) is 0 Å². The van der Waals surface area contributed by atoms with Gasteiger partial charge in [0.25, 0.3) is 0 Å². The van der Waals surface area contributed by atoms with Crippen LogP contribution in [0.5, 0.6) is 17.2 Å². The highest BCUT2D eigenvalue weighted by Gasteiger charge is 2.20. The molecule has 0 atom stereocenters. The first-order valence-electron chi connectivity index (χ1n) is 14.7. The number of hydrogen-bond acceptors (Lipinski definition) is 4. The molecule has 3 fully saturated rings. The maximum Gasteiger partial charge on any atom is 0.189 e. The molecular formula is C33H42O4. The van der Waals surface area contributed by atoms with E-state index in [-0.39, 0.29) is 24.1 Å². The lowest BCUT2D eigenvalue weighted by Gasteiger charge is -2.25. The Morgan fingerprint density at radius 2 is 1.16 bits per heavy atom. The zero-order valence-electron chi connectivity index (χ0n) is 22.2. The van der Waals surface area contributed by atoms with Crippen molar-refractivity contribution in [2.24, 2.45) is 0 Å². The second-order valence-corrected chi connectivity index (χ2v) is 11.0. The molecule has 198 valence electrons. The van der Waals surface area contributed by atoms with E-state index in [4.69, 9.17) is 14.2 Å². The number of carbonyl (C=O) groups excluding carboxylic acids is 1. The third-order valence-electron chi connectivity index (χ3n) is 8.09. The Balaban J connectivity index is 1.34. The summed E-state index contributed by atoms with van der Waals surface area (Å²) in [6.45, 7) is 0. The van der Waals surface area contributed by atoms with Crippen molar-refractivity contribution < 1.29 is 19.0 Å². The first kappa shape index (κ1) is 25.9. The molecule has 3 aliphatic carbocycles. The van der Waals surface area contributed by atoms with E-state index in [1.54, 1.807) is 6.08 Å². The van der Waals surface area contributed by atoms with Gasteiger partial charge in [-0.05, 0) is 120 Å². The Kier molecular flexibility index (Phi) is 9.21. The Labute approximate surface area is 222 Å². The summed E-state index contributed by atoms with van der Waals surface area (Å²) in [5.74, 6) is 2.33. The summed E-state index contributed by atoms with van der Waals surface area (Å²) in [7, 11) is 0. The van der Waals surface area contributed by atoms with E-state index in [0.29, 0.717) is 11.3 Å². The van der Waals surface area contributed by atoms with Crippen LogP contribution in [-0.2, 0) is 0 Å². The first-order chi connectivity index (χ1) is 18.2. The lowest BCUT2D eigenvalue weighted by molar-refractivity contribution is 0.103. The summed E-state index contributed by atoms with van der Waals surface area (Å²) in [5, 5.41) is 0. The lowest BCUT2D eigenvalue weighted by Crippen LogP contribution is -2.21. The molecule has 3 aliphatic rings. The van der Waals surface area contributed by atoms with Gasteiger partial charge in [0.05, 0.1) is 23.9 Å². The fourth-order valence-electron chi connectivity index (χ4n) is 5.97. The van der Waals surface area contributed by atoms with Gasteiger partial charge < -0.3 is 14.2 Å². The molecule has 5 rings (SSSR count). The van der Waals surface area contributed by atoms with E-state index in [2.05, 4.69) is 0 Å². The van der Waals surface area contributed by atoms with Crippen LogP contribution in [0.15, 0.2) is 48.5 Å². The fraction of sp³-hybridized carbons (Fsp3) is 0.545. The van der Waals surface area contributed by atoms with E-state index in [1.165, 1.54) is 57.8 Å². The molecule has 4 nitrogen and oxygen atoms in total. The second kappa shape index (κ2) is 13.2. The molecule has 0 spiro atoms. The van der Waals surface area contributed by atoms with E-state index in [1.807, 2.05) is 48.5 Å². The molecule has 0 heterocycles. The van der Waals surface area contributed by atoms with E-state index in [9.17, 15) is 4.79 Å². The van der Waals surface area contributed by atoms with Crippen LogP contribution in [0.4, 0.5) is 0 Å². The van der Waals surface area contributed by atoms with Gasteiger partial charge in [-0.1, -0.05) is 31.4 Å². The largest absolute Gasteiger partial charge is 0.490 e. The quantitative estimate of drug-likeness (QED) is 0.254. The van der Waals surface area contributed by atoms with Crippen molar-refractivity contribution in [2.75, 3.05) is 0 Å². The van der Waals surface area contributed by atoms with Gasteiger partial charge in [0.2, 0.25) is 0 Å². The first-order valence-corrected chi connectivity index (χ1v) is 14.7. The summed E-state index contributed by atoms with van der Waals surface area (Å²) in [6, 6.07) is 13.7. The minimum absolute atomic E-state index is 0.0476. The van der Waals surface area contributed by atoms with E-state index >= 15 is 0 Å². The standard InChI is InChI=1S/C33H42O4/c34-31(30-18-10-11-19-33(30)37-28-16-8-3-9-17-28)22-20-25-24-29(35-26-12-4-1-5-13-26)21-23-32(25)36-27-14-6-2-7-15-27/h10-11,18-24,26-28H,1-9,12-17H2/b22-20+. The minimum atomic E-state index is -0.0476. The monoisotopic (exact) mass is 502 g/mol. The predicted octanol–water partition coefficient (Wildman–Crippen LogP) is 8.72. The fourth-order valence-corrected chi connectivity index (χ4v) is 5.97. The van der Waals surface area contributed by atoms with Gasteiger partial charge >= 0.3 is 0 Å². The SMILES string of the molecule is O=C(/C=C/c1cc(OC2CCCCC2)ccc1OC1CCCCC1)c1ccccc1OC1CCCCC1. The number of allylic oxidation sites excluding steroid dienone is 1. The molecule has 0 saturated heterocycles. The number of ketones is 1. The molecule has 3 saturated carbocycles. The van der Waals surface area contributed by atoms with Crippen molar-refractivity contribution in [1.82, 2.24) is 0 Å². The van der Waals surface area contributed by atoms with Crippen LogP contribution in [0.3, 0.4) is 0 Å². The number of benzene rings is 2. The number of rotatable bonds is 9. The molecule has 0 bridgehead atoms. The van der Waals surface area contributed by atoms with Crippen LogP contribution in [0, 0.1) is 0 Å². The molecule has 2 aromatic carbocycles. The Bertz CT molecular complexity index is 1040. The van der Waals surface area contributed by atoms with Gasteiger partial charge in [-0.25, -0.2) is 0 Å². The molecule has 2 aromatic rings. The van der Waals surface area contributed by atoms with Crippen molar-refractivity contribution in [3.05, 3.63) is 59.7 Å². The van der Waals surface area contributed by atoms with E-state index in [0.717, 1.165) is 55.6 Å². The zero-order chi connectivity index (χ0) is 25.3. The van der Waals surface area contributed by atoms with Gasteiger partial charge in [0.1, 0.15) is 17.2 Å². The summed E-state index contributed by atoms with van der Waals surface area (Å²) >= 11 is 0. The lowest BCUT2D eigenvalue weighted by atomic mass is 9.97. The van der Waals surface area contributed by atoms with E-state index < -0.39 is 0 Å². The smallest absolute Gasteiger partial charge is 0.189 e. The number of para-hydroxylation sites is 1. The highest BCUT2D eigenvalue weighted by molar-refractivity contribution is 6.08. The molecule has 0 aliphatic heterocycles. The van der Waals surface area contributed by atoms with Crippen LogP contribution < -0.4 is 14.2 Å². The molecule has 0 aromatic heterocycles. The third-order valence-corrected chi connectivity index (χ3v) is 8.09. The van der Waals surface area contributed by atoms with Crippen molar-refractivity contribution in [3.8, 4) is 17.2 Å². The van der Waals surface area contributed by atoms with Gasteiger partial charge in [-0.3, -0.25) is 4.79 Å². The normalized spacial score (nSPS) is 20.1. The predicted molar refractivity (Wildman–Crippen MR) is 149 cm³/mol. The Morgan fingerprint density at radius 3 is 1.78 bits per heavy atom. The second-order valence-electron chi connectivity index (χ2n) is 11.0. The highest BCUT2D eigenvalue weighted by atomic mass is 16.5. The maximum atomic E-state index is 13.3. The molecule has 4 heteroatoms. The summed E-state index contributed by atoms with van der Waals surface area (Å²) in [6.07, 6.45) is 22.0. The van der Waals surface area contributed by atoms with Gasteiger partial charge in [0.15, 0.2) is 5.78 Å².